The van der Waals surface area contributed by atoms with Gasteiger partial charge in [-0.25, -0.2) is 4.39 Å². The van der Waals surface area contributed by atoms with Crippen LogP contribution in [0, 0.1) is 11.7 Å². The lowest BCUT2D eigenvalue weighted by Crippen LogP contribution is -2.46. The lowest BCUT2D eigenvalue weighted by atomic mass is 10.0. The largest absolute Gasteiger partial charge is 0.489 e. The Bertz CT molecular complexity index is 829. The molecule has 0 radical (unpaired) electrons. The first kappa shape index (κ1) is 25.3. The molecule has 0 bridgehead atoms. The van der Waals surface area contributed by atoms with Crippen LogP contribution < -0.4 is 9.64 Å². The van der Waals surface area contributed by atoms with Gasteiger partial charge in [-0.2, -0.15) is 13.2 Å². The predicted octanol–water partition coefficient (Wildman–Crippen LogP) is 6.67. The maximum absolute atomic E-state index is 13.0. The van der Waals surface area contributed by atoms with E-state index in [1.807, 2.05) is 17.0 Å². The molecule has 0 unspecified atom stereocenters. The molecule has 182 valence electrons. The third-order valence-corrected chi connectivity index (χ3v) is 6.14. The summed E-state index contributed by atoms with van der Waals surface area (Å²) in [5.41, 5.74) is 2.01. The summed E-state index contributed by atoms with van der Waals surface area (Å²) in [5.74, 6) is 1.04. The van der Waals surface area contributed by atoms with Gasteiger partial charge in [-0.1, -0.05) is 26.0 Å². The fourth-order valence-electron chi connectivity index (χ4n) is 4.14. The third kappa shape index (κ3) is 8.54. The van der Waals surface area contributed by atoms with E-state index in [2.05, 4.69) is 30.9 Å². The van der Waals surface area contributed by atoms with Gasteiger partial charge < -0.3 is 14.5 Å². The van der Waals surface area contributed by atoms with Crippen molar-refractivity contribution in [2.45, 2.75) is 58.4 Å². The number of hydrogen-bond donors (Lipinski definition) is 0. The van der Waals surface area contributed by atoms with E-state index in [0.717, 1.165) is 42.8 Å². The van der Waals surface area contributed by atoms with Gasteiger partial charge >= 0.3 is 6.18 Å². The van der Waals surface area contributed by atoms with Crippen LogP contribution in [0.3, 0.4) is 0 Å². The van der Waals surface area contributed by atoms with Gasteiger partial charge in [0, 0.05) is 37.9 Å². The van der Waals surface area contributed by atoms with Crippen molar-refractivity contribution >= 4 is 5.69 Å². The highest BCUT2D eigenvalue weighted by molar-refractivity contribution is 5.50. The number of rotatable bonds is 10. The standard InChI is InChI=1S/C26H34F4N2O/c1-20(2)11-17-32(24-12-15-31(16-13-24)18-14-26(28,29)30)23-7-9-25(10-8-23)33-19-21-3-5-22(27)6-4-21/h3-10,20,24H,11-19H2,1-2H3. The highest BCUT2D eigenvalue weighted by Gasteiger charge is 2.30. The van der Waals surface area contributed by atoms with E-state index < -0.39 is 12.6 Å². The molecule has 0 atom stereocenters. The average molecular weight is 467 g/mol. The highest BCUT2D eigenvalue weighted by Crippen LogP contribution is 2.28. The maximum Gasteiger partial charge on any atom is 0.390 e. The van der Waals surface area contributed by atoms with Gasteiger partial charge in [-0.05, 0) is 67.1 Å². The Morgan fingerprint density at radius 1 is 1.00 bits per heavy atom. The van der Waals surface area contributed by atoms with E-state index in [1.165, 1.54) is 12.1 Å². The zero-order valence-electron chi connectivity index (χ0n) is 19.5. The van der Waals surface area contributed by atoms with E-state index >= 15 is 0 Å². The second-order valence-corrected chi connectivity index (χ2v) is 9.22. The summed E-state index contributed by atoms with van der Waals surface area (Å²) in [6, 6.07) is 14.6. The van der Waals surface area contributed by atoms with E-state index in [9.17, 15) is 17.6 Å². The first-order chi connectivity index (χ1) is 15.7. The van der Waals surface area contributed by atoms with Gasteiger partial charge in [0.25, 0.3) is 0 Å². The molecule has 1 aliphatic heterocycles. The van der Waals surface area contributed by atoms with Crippen LogP contribution in [0.2, 0.25) is 0 Å². The Balaban J connectivity index is 1.59. The molecule has 0 amide bonds. The normalized spacial score (nSPS) is 15.7. The van der Waals surface area contributed by atoms with Crippen molar-refractivity contribution in [3.8, 4) is 5.75 Å². The molecule has 33 heavy (non-hydrogen) atoms. The molecule has 1 saturated heterocycles. The second-order valence-electron chi connectivity index (χ2n) is 9.22. The molecule has 0 saturated carbocycles. The summed E-state index contributed by atoms with van der Waals surface area (Å²) < 4.78 is 56.5. The van der Waals surface area contributed by atoms with E-state index in [-0.39, 0.29) is 12.4 Å². The van der Waals surface area contributed by atoms with Gasteiger partial charge in [0.05, 0.1) is 6.42 Å². The molecule has 0 aromatic heterocycles. The van der Waals surface area contributed by atoms with Crippen molar-refractivity contribution in [1.29, 1.82) is 0 Å². The molecular formula is C26H34F4N2O. The predicted molar refractivity (Wildman–Crippen MR) is 124 cm³/mol. The molecule has 3 rings (SSSR count). The molecule has 2 aromatic rings. The van der Waals surface area contributed by atoms with Crippen LogP contribution >= 0.6 is 0 Å². The fourth-order valence-corrected chi connectivity index (χ4v) is 4.14. The molecule has 1 fully saturated rings. The molecule has 0 spiro atoms. The van der Waals surface area contributed by atoms with E-state index in [0.29, 0.717) is 31.7 Å². The van der Waals surface area contributed by atoms with Crippen LogP contribution in [0.25, 0.3) is 0 Å². The zero-order valence-corrected chi connectivity index (χ0v) is 19.5. The second kappa shape index (κ2) is 11.7. The SMILES string of the molecule is CC(C)CCN(c1ccc(OCc2ccc(F)cc2)cc1)C1CCN(CCC(F)(F)F)CC1. The first-order valence-electron chi connectivity index (χ1n) is 11.7. The van der Waals surface area contributed by atoms with Crippen LogP contribution in [-0.4, -0.2) is 43.3 Å². The molecular weight excluding hydrogens is 432 g/mol. The van der Waals surface area contributed by atoms with Gasteiger partial charge in [0.2, 0.25) is 0 Å². The molecule has 0 aliphatic carbocycles. The fraction of sp³-hybridized carbons (Fsp3) is 0.538. The molecule has 3 nitrogen and oxygen atoms in total. The Morgan fingerprint density at radius 2 is 1.64 bits per heavy atom. The van der Waals surface area contributed by atoms with Crippen molar-refractivity contribution in [3.05, 3.63) is 59.9 Å². The number of anilines is 1. The van der Waals surface area contributed by atoms with Crippen molar-refractivity contribution in [1.82, 2.24) is 4.90 Å². The lowest BCUT2D eigenvalue weighted by Gasteiger charge is -2.40. The smallest absolute Gasteiger partial charge is 0.390 e. The number of alkyl halides is 3. The minimum atomic E-state index is -4.10. The highest BCUT2D eigenvalue weighted by atomic mass is 19.4. The maximum atomic E-state index is 13.0. The summed E-state index contributed by atoms with van der Waals surface area (Å²) in [6.07, 6.45) is -2.07. The van der Waals surface area contributed by atoms with Crippen LogP contribution in [0.4, 0.5) is 23.2 Å². The number of piperidine rings is 1. The quantitative estimate of drug-likeness (QED) is 0.364. The molecule has 1 heterocycles. The third-order valence-electron chi connectivity index (χ3n) is 6.14. The monoisotopic (exact) mass is 466 g/mol. The summed E-state index contributed by atoms with van der Waals surface area (Å²) in [5, 5.41) is 0. The molecule has 1 aliphatic rings. The Kier molecular flexibility index (Phi) is 9.01. The number of hydrogen-bond acceptors (Lipinski definition) is 3. The van der Waals surface area contributed by atoms with Crippen molar-refractivity contribution in [2.75, 3.05) is 31.1 Å². The number of ether oxygens (including phenoxy) is 1. The number of halogens is 4. The van der Waals surface area contributed by atoms with Crippen molar-refractivity contribution < 1.29 is 22.3 Å². The van der Waals surface area contributed by atoms with Gasteiger partial charge in [0.15, 0.2) is 0 Å². The number of benzene rings is 2. The first-order valence-corrected chi connectivity index (χ1v) is 11.7. The number of nitrogens with zero attached hydrogens (tertiary/aromatic N) is 2. The summed E-state index contributed by atoms with van der Waals surface area (Å²) >= 11 is 0. The summed E-state index contributed by atoms with van der Waals surface area (Å²) in [7, 11) is 0. The van der Waals surface area contributed by atoms with Gasteiger partial charge in [-0.15, -0.1) is 0 Å². The van der Waals surface area contributed by atoms with Crippen LogP contribution in [-0.2, 0) is 6.61 Å². The van der Waals surface area contributed by atoms with Gasteiger partial charge in [-0.3, -0.25) is 0 Å². The van der Waals surface area contributed by atoms with Crippen LogP contribution in [0.15, 0.2) is 48.5 Å². The van der Waals surface area contributed by atoms with Crippen LogP contribution in [0.1, 0.15) is 45.1 Å². The Morgan fingerprint density at radius 3 is 2.21 bits per heavy atom. The van der Waals surface area contributed by atoms with Gasteiger partial charge in [0.1, 0.15) is 18.2 Å². The minimum absolute atomic E-state index is 0.0856. The molecule has 0 N–H and O–H groups in total. The lowest BCUT2D eigenvalue weighted by molar-refractivity contribution is -0.138. The Labute approximate surface area is 194 Å². The molecule has 7 heteroatoms. The van der Waals surface area contributed by atoms with Crippen LogP contribution in [0.5, 0.6) is 5.75 Å². The zero-order chi connectivity index (χ0) is 23.8. The average Bonchev–Trinajstić information content (AvgIpc) is 2.78. The Hall–Kier alpha value is -2.28. The van der Waals surface area contributed by atoms with Crippen molar-refractivity contribution in [2.24, 2.45) is 5.92 Å². The topological polar surface area (TPSA) is 15.7 Å². The number of likely N-dealkylation sites (tertiary alicyclic amines) is 1. The van der Waals surface area contributed by atoms with E-state index in [1.54, 1.807) is 12.1 Å². The summed E-state index contributed by atoms with van der Waals surface area (Å²) in [6.45, 7) is 7.15. The molecule has 2 aromatic carbocycles. The van der Waals surface area contributed by atoms with Crippen molar-refractivity contribution in [3.63, 3.8) is 0 Å². The summed E-state index contributed by atoms with van der Waals surface area (Å²) in [4.78, 5) is 4.34. The minimum Gasteiger partial charge on any atom is -0.489 e. The van der Waals surface area contributed by atoms with E-state index in [4.69, 9.17) is 4.74 Å².